The second-order valence-corrected chi connectivity index (χ2v) is 8.54. The third-order valence-corrected chi connectivity index (χ3v) is 6.36. The SMILES string of the molecule is [2H]C([2H])([2H])Oc1cc2c(C(=O)N3CCC(F)CC3)cn(-c3ccc(F)c4[nH]c(C)cc34)c(=O)c2cc1OC([2H])([2H])[2H]. The fraction of sp³-hybridized carbons (Fsp3) is 0.308. The van der Waals surface area contributed by atoms with Gasteiger partial charge in [-0.3, -0.25) is 14.2 Å². The van der Waals surface area contributed by atoms with Crippen molar-refractivity contribution >= 4 is 27.6 Å². The molecule has 0 atom stereocenters. The van der Waals surface area contributed by atoms with Gasteiger partial charge in [0.2, 0.25) is 0 Å². The van der Waals surface area contributed by atoms with Crippen molar-refractivity contribution in [2.75, 3.05) is 27.2 Å². The zero-order valence-corrected chi connectivity index (χ0v) is 18.7. The number of piperidine rings is 1. The summed E-state index contributed by atoms with van der Waals surface area (Å²) in [6.45, 7) is 1.93. The number of nitrogens with one attached hydrogen (secondary N) is 1. The maximum Gasteiger partial charge on any atom is 0.263 e. The largest absolute Gasteiger partial charge is 0.493 e. The van der Waals surface area contributed by atoms with Crippen LogP contribution in [0, 0.1) is 12.7 Å². The molecule has 1 aliphatic rings. The van der Waals surface area contributed by atoms with Crippen molar-refractivity contribution in [3.63, 3.8) is 0 Å². The summed E-state index contributed by atoms with van der Waals surface area (Å²) in [6, 6.07) is 6.25. The Bertz CT molecular complexity index is 1720. The Morgan fingerprint density at radius 2 is 1.77 bits per heavy atom. The van der Waals surface area contributed by atoms with E-state index in [1.807, 2.05) is 0 Å². The number of hydrogen-bond acceptors (Lipinski definition) is 4. The predicted octanol–water partition coefficient (Wildman–Crippen LogP) is 4.51. The van der Waals surface area contributed by atoms with Gasteiger partial charge in [-0.2, -0.15) is 0 Å². The smallest absolute Gasteiger partial charge is 0.263 e. The van der Waals surface area contributed by atoms with E-state index in [1.165, 1.54) is 17.2 Å². The lowest BCUT2D eigenvalue weighted by Crippen LogP contribution is -2.39. The molecule has 9 heteroatoms. The molecule has 182 valence electrons. The molecular formula is C26H25F2N3O4. The summed E-state index contributed by atoms with van der Waals surface area (Å²) in [5.41, 5.74) is 0.206. The number of likely N-dealkylation sites (tertiary alicyclic amines) is 1. The normalized spacial score (nSPS) is 17.9. The van der Waals surface area contributed by atoms with Crippen molar-refractivity contribution in [2.45, 2.75) is 25.9 Å². The Kier molecular flexibility index (Phi) is 4.16. The molecule has 0 radical (unpaired) electrons. The van der Waals surface area contributed by atoms with Gasteiger partial charge in [-0.15, -0.1) is 0 Å². The van der Waals surface area contributed by atoms with Gasteiger partial charge in [-0.05, 0) is 50.1 Å². The Labute approximate surface area is 208 Å². The molecule has 2 aromatic carbocycles. The lowest BCUT2D eigenvalue weighted by molar-refractivity contribution is 0.0668. The Morgan fingerprint density at radius 3 is 2.46 bits per heavy atom. The highest BCUT2D eigenvalue weighted by Crippen LogP contribution is 2.34. The summed E-state index contributed by atoms with van der Waals surface area (Å²) in [4.78, 5) is 32.0. The van der Waals surface area contributed by atoms with Crippen molar-refractivity contribution in [3.8, 4) is 17.2 Å². The second kappa shape index (κ2) is 8.72. The van der Waals surface area contributed by atoms with Crippen LogP contribution in [-0.4, -0.2) is 53.7 Å². The van der Waals surface area contributed by atoms with Gasteiger partial charge in [-0.1, -0.05) is 0 Å². The number of methoxy groups -OCH3 is 2. The van der Waals surface area contributed by atoms with E-state index in [0.717, 1.165) is 22.8 Å². The molecule has 0 unspecified atom stereocenters. The first-order valence-corrected chi connectivity index (χ1v) is 10.9. The molecule has 4 aromatic rings. The predicted molar refractivity (Wildman–Crippen MR) is 129 cm³/mol. The zero-order chi connectivity index (χ0) is 29.9. The molecule has 1 fully saturated rings. The zero-order valence-electron chi connectivity index (χ0n) is 24.7. The summed E-state index contributed by atoms with van der Waals surface area (Å²) < 4.78 is 84.6. The molecule has 1 saturated heterocycles. The van der Waals surface area contributed by atoms with Crippen LogP contribution in [0.25, 0.3) is 27.4 Å². The topological polar surface area (TPSA) is 76.6 Å². The summed E-state index contributed by atoms with van der Waals surface area (Å²) >= 11 is 0. The second-order valence-electron chi connectivity index (χ2n) is 8.54. The maximum atomic E-state index is 14.6. The number of hydrogen-bond donors (Lipinski definition) is 1. The minimum atomic E-state index is -3.03. The third-order valence-electron chi connectivity index (χ3n) is 6.36. The van der Waals surface area contributed by atoms with Crippen molar-refractivity contribution in [1.82, 2.24) is 14.5 Å². The number of fused-ring (bicyclic) bond motifs is 2. The number of aromatic amines is 1. The number of nitrogens with zero attached hydrogens (tertiary/aromatic N) is 2. The molecule has 1 amide bonds. The summed E-state index contributed by atoms with van der Waals surface area (Å²) in [5, 5.41) is 0.138. The van der Waals surface area contributed by atoms with Crippen LogP contribution in [0.1, 0.15) is 37.1 Å². The number of aryl methyl sites for hydroxylation is 1. The van der Waals surface area contributed by atoms with Crippen molar-refractivity contribution < 1.29 is 31.3 Å². The van der Waals surface area contributed by atoms with E-state index in [1.54, 1.807) is 13.0 Å². The molecule has 35 heavy (non-hydrogen) atoms. The first-order chi connectivity index (χ1) is 19.1. The Morgan fingerprint density at radius 1 is 1.09 bits per heavy atom. The van der Waals surface area contributed by atoms with E-state index in [0.29, 0.717) is 11.1 Å². The molecule has 3 heterocycles. The summed E-state index contributed by atoms with van der Waals surface area (Å²) in [7, 11) is -6.05. The van der Waals surface area contributed by atoms with Crippen LogP contribution in [0.15, 0.2) is 41.3 Å². The molecule has 7 nitrogen and oxygen atoms in total. The van der Waals surface area contributed by atoms with Crippen molar-refractivity contribution in [3.05, 3.63) is 64.0 Å². The number of H-pyrrole nitrogens is 1. The van der Waals surface area contributed by atoms with Crippen molar-refractivity contribution in [1.29, 1.82) is 0 Å². The number of aromatic nitrogens is 2. The first kappa shape index (κ1) is 16.7. The average molecular weight is 488 g/mol. The van der Waals surface area contributed by atoms with Gasteiger partial charge in [0.05, 0.1) is 44.5 Å². The van der Waals surface area contributed by atoms with E-state index < -0.39 is 49.0 Å². The van der Waals surface area contributed by atoms with Crippen LogP contribution >= 0.6 is 0 Å². The van der Waals surface area contributed by atoms with Gasteiger partial charge in [0.25, 0.3) is 11.5 Å². The number of amides is 1. The minimum Gasteiger partial charge on any atom is -0.493 e. The fourth-order valence-corrected chi connectivity index (χ4v) is 4.59. The van der Waals surface area contributed by atoms with E-state index in [2.05, 4.69) is 4.98 Å². The molecule has 2 aromatic heterocycles. The van der Waals surface area contributed by atoms with Crippen LogP contribution in [-0.2, 0) is 0 Å². The van der Waals surface area contributed by atoms with E-state index >= 15 is 0 Å². The summed E-state index contributed by atoms with van der Waals surface area (Å²) in [5.74, 6) is -2.20. The molecular weight excluding hydrogens is 456 g/mol. The molecule has 0 saturated carbocycles. The van der Waals surface area contributed by atoms with Crippen LogP contribution in [0.4, 0.5) is 8.78 Å². The fourth-order valence-electron chi connectivity index (χ4n) is 4.59. The van der Waals surface area contributed by atoms with Crippen LogP contribution < -0.4 is 15.0 Å². The van der Waals surface area contributed by atoms with Gasteiger partial charge >= 0.3 is 0 Å². The van der Waals surface area contributed by atoms with E-state index in [-0.39, 0.29) is 53.5 Å². The van der Waals surface area contributed by atoms with E-state index in [4.69, 9.17) is 17.7 Å². The molecule has 0 spiro atoms. The van der Waals surface area contributed by atoms with Crippen molar-refractivity contribution in [2.24, 2.45) is 0 Å². The number of carbonyl (C=O) groups is 1. The number of pyridine rings is 1. The average Bonchev–Trinajstić information content (AvgIpc) is 3.26. The maximum absolute atomic E-state index is 14.6. The van der Waals surface area contributed by atoms with Gasteiger partial charge in [0.1, 0.15) is 12.0 Å². The number of rotatable bonds is 4. The number of ether oxygens (including phenoxy) is 2. The highest BCUT2D eigenvalue weighted by Gasteiger charge is 2.27. The molecule has 5 rings (SSSR count). The minimum absolute atomic E-state index is 0.0284. The molecule has 1 N–H and O–H groups in total. The van der Waals surface area contributed by atoms with Gasteiger partial charge in [0, 0.05) is 35.8 Å². The van der Waals surface area contributed by atoms with Gasteiger partial charge in [0.15, 0.2) is 11.5 Å². The Hall–Kier alpha value is -3.88. The quantitative estimate of drug-likeness (QED) is 0.460. The number of carbonyl (C=O) groups excluding carboxylic acids is 1. The number of halogens is 2. The molecule has 0 aliphatic carbocycles. The van der Waals surface area contributed by atoms with Crippen LogP contribution in [0.2, 0.25) is 0 Å². The third kappa shape index (κ3) is 3.80. The number of benzene rings is 2. The van der Waals surface area contributed by atoms with Crippen LogP contribution in [0.5, 0.6) is 11.5 Å². The standard InChI is InChI=1S/C26H25F2N3O4/c1-14-10-18-21(5-4-20(28)24(18)29-14)31-13-19(25(32)30-8-6-15(27)7-9-30)16-11-22(34-2)23(35-3)12-17(16)26(31)33/h4-5,10-13,15,29H,6-9H2,1-3H3/i2D3,3D3. The molecule has 1 aliphatic heterocycles. The van der Waals surface area contributed by atoms with Gasteiger partial charge in [-0.25, -0.2) is 8.78 Å². The van der Waals surface area contributed by atoms with Crippen LogP contribution in [0.3, 0.4) is 0 Å². The summed E-state index contributed by atoms with van der Waals surface area (Å²) in [6.07, 6.45) is 0.434. The van der Waals surface area contributed by atoms with Gasteiger partial charge < -0.3 is 19.4 Å². The highest BCUT2D eigenvalue weighted by molar-refractivity contribution is 6.07. The Balaban J connectivity index is 1.82. The highest BCUT2D eigenvalue weighted by atomic mass is 19.1. The van der Waals surface area contributed by atoms with E-state index in [9.17, 15) is 18.4 Å². The first-order valence-electron chi connectivity index (χ1n) is 13.9. The lowest BCUT2D eigenvalue weighted by Gasteiger charge is -2.29. The monoisotopic (exact) mass is 487 g/mol. The number of alkyl halides is 1. The lowest BCUT2D eigenvalue weighted by atomic mass is 10.0. The molecule has 0 bridgehead atoms.